The lowest BCUT2D eigenvalue weighted by molar-refractivity contribution is -0.384. The highest BCUT2D eigenvalue weighted by Crippen LogP contribution is 2.15. The van der Waals surface area contributed by atoms with Crippen LogP contribution in [0.4, 0.5) is 10.5 Å². The van der Waals surface area contributed by atoms with Gasteiger partial charge in [-0.05, 0) is 48.4 Å². The maximum atomic E-state index is 13.2. The van der Waals surface area contributed by atoms with Crippen LogP contribution in [-0.4, -0.2) is 105 Å². The van der Waals surface area contributed by atoms with Gasteiger partial charge in [-0.25, -0.2) is 4.79 Å². The Morgan fingerprint density at radius 1 is 0.767 bits per heavy atom. The van der Waals surface area contributed by atoms with Crippen LogP contribution >= 0.6 is 0 Å². The summed E-state index contributed by atoms with van der Waals surface area (Å²) in [6, 6.07) is 18.1. The molecule has 1 aromatic carbocycles. The van der Waals surface area contributed by atoms with E-state index in [1.54, 1.807) is 17.0 Å². The van der Waals surface area contributed by atoms with Crippen LogP contribution in [0.25, 0.3) is 0 Å². The van der Waals surface area contributed by atoms with Crippen molar-refractivity contribution >= 4 is 17.6 Å². The molecule has 226 valence electrons. The van der Waals surface area contributed by atoms with Gasteiger partial charge in [0.05, 0.1) is 22.9 Å². The first-order valence-corrected chi connectivity index (χ1v) is 14.7. The fourth-order valence-electron chi connectivity index (χ4n) is 5.22. The highest BCUT2D eigenvalue weighted by atomic mass is 16.6. The Hall–Kier alpha value is -4.26. The second kappa shape index (κ2) is 15.3. The molecule has 0 bridgehead atoms. The first kappa shape index (κ1) is 30.2. The Labute approximate surface area is 251 Å². The van der Waals surface area contributed by atoms with Crippen molar-refractivity contribution in [1.82, 2.24) is 29.6 Å². The summed E-state index contributed by atoms with van der Waals surface area (Å²) in [5.74, 6) is 0.715. The molecular weight excluding hydrogens is 548 g/mol. The average molecular weight is 587 g/mol. The van der Waals surface area contributed by atoms with E-state index < -0.39 is 11.0 Å². The normalized spacial score (nSPS) is 17.4. The average Bonchev–Trinajstić information content (AvgIpc) is 3.12. The van der Waals surface area contributed by atoms with Crippen LogP contribution in [-0.2, 0) is 24.4 Å². The standard InChI is InChI=1S/C31H38N8O4/c40-31(43-25-26-8-10-29(11-9-26)39(41)42)38-15-5-14-34-30(38)24-37-20-18-35(22-27-6-1-3-12-32-27)16-17-36(19-21-37)23-28-7-2-4-13-33-28/h1-4,6-13H,5,14-25H2. The lowest BCUT2D eigenvalue weighted by Gasteiger charge is -2.32. The van der Waals surface area contributed by atoms with Crippen molar-refractivity contribution in [2.75, 3.05) is 58.9 Å². The molecule has 1 amide bonds. The van der Waals surface area contributed by atoms with Gasteiger partial charge in [0.15, 0.2) is 0 Å². The number of amides is 1. The van der Waals surface area contributed by atoms with E-state index in [9.17, 15) is 14.9 Å². The minimum atomic E-state index is -0.450. The molecule has 1 saturated heterocycles. The van der Waals surface area contributed by atoms with Crippen LogP contribution in [0.15, 0.2) is 78.0 Å². The fraction of sp³-hybridized carbons (Fsp3) is 0.419. The number of aromatic nitrogens is 2. The third-order valence-corrected chi connectivity index (χ3v) is 7.66. The van der Waals surface area contributed by atoms with Crippen LogP contribution < -0.4 is 0 Å². The number of aliphatic imine (C=N–C) groups is 1. The zero-order chi connectivity index (χ0) is 29.9. The van der Waals surface area contributed by atoms with E-state index in [1.807, 2.05) is 36.7 Å². The molecule has 2 aliphatic heterocycles. The number of rotatable bonds is 9. The summed E-state index contributed by atoms with van der Waals surface area (Å²) < 4.78 is 5.61. The quantitative estimate of drug-likeness (QED) is 0.274. The topological polar surface area (TPSA) is 121 Å². The van der Waals surface area contributed by atoms with Crippen LogP contribution in [0.1, 0.15) is 23.4 Å². The largest absolute Gasteiger partial charge is 0.444 e. The van der Waals surface area contributed by atoms with E-state index in [0.717, 1.165) is 70.2 Å². The van der Waals surface area contributed by atoms with Crippen LogP contribution in [0.3, 0.4) is 0 Å². The molecule has 0 N–H and O–H groups in total. The van der Waals surface area contributed by atoms with Crippen molar-refractivity contribution in [3.8, 4) is 0 Å². The number of non-ortho nitro benzene ring substituents is 1. The first-order valence-electron chi connectivity index (χ1n) is 14.7. The molecular formula is C31H38N8O4. The Kier molecular flexibility index (Phi) is 10.7. The molecule has 0 aliphatic carbocycles. The Morgan fingerprint density at radius 2 is 1.33 bits per heavy atom. The first-order chi connectivity index (χ1) is 21.0. The summed E-state index contributed by atoms with van der Waals surface area (Å²) in [6.07, 6.45) is 3.99. The summed E-state index contributed by atoms with van der Waals surface area (Å²) in [7, 11) is 0. The van der Waals surface area contributed by atoms with Crippen LogP contribution in [0.2, 0.25) is 0 Å². The van der Waals surface area contributed by atoms with Gasteiger partial charge in [0, 0.05) is 90.0 Å². The second-order valence-corrected chi connectivity index (χ2v) is 10.8. The Bertz CT molecular complexity index is 1300. The number of benzene rings is 1. The highest BCUT2D eigenvalue weighted by Gasteiger charge is 2.26. The molecule has 5 rings (SSSR count). The van der Waals surface area contributed by atoms with Crippen molar-refractivity contribution in [3.63, 3.8) is 0 Å². The highest BCUT2D eigenvalue weighted by molar-refractivity contribution is 5.97. The van der Waals surface area contributed by atoms with Crippen molar-refractivity contribution in [2.24, 2.45) is 4.99 Å². The van der Waals surface area contributed by atoms with Gasteiger partial charge in [0.1, 0.15) is 12.4 Å². The van der Waals surface area contributed by atoms with Gasteiger partial charge in [-0.2, -0.15) is 0 Å². The lowest BCUT2D eigenvalue weighted by atomic mass is 10.2. The summed E-state index contributed by atoms with van der Waals surface area (Å²) in [4.78, 5) is 46.3. The molecule has 0 radical (unpaired) electrons. The maximum absolute atomic E-state index is 13.2. The Balaban J connectivity index is 1.24. The number of carbonyl (C=O) groups excluding carboxylic acids is 1. The van der Waals surface area contributed by atoms with Crippen molar-refractivity contribution in [2.45, 2.75) is 26.1 Å². The molecule has 3 aromatic rings. The second-order valence-electron chi connectivity index (χ2n) is 10.8. The van der Waals surface area contributed by atoms with Gasteiger partial charge in [-0.3, -0.25) is 44.7 Å². The molecule has 0 unspecified atom stereocenters. The predicted molar refractivity (Wildman–Crippen MR) is 162 cm³/mol. The van der Waals surface area contributed by atoms with Gasteiger partial charge >= 0.3 is 6.09 Å². The molecule has 1 fully saturated rings. The molecule has 0 spiro atoms. The molecule has 4 heterocycles. The number of ether oxygens (including phenoxy) is 1. The van der Waals surface area contributed by atoms with Crippen molar-refractivity contribution in [3.05, 3.63) is 100 Å². The van der Waals surface area contributed by atoms with Gasteiger partial charge in [0.2, 0.25) is 0 Å². The maximum Gasteiger partial charge on any atom is 0.415 e. The minimum absolute atomic E-state index is 0.00164. The molecule has 0 saturated carbocycles. The molecule has 0 atom stereocenters. The molecule has 12 nitrogen and oxygen atoms in total. The van der Waals surface area contributed by atoms with Crippen LogP contribution in [0, 0.1) is 10.1 Å². The third-order valence-electron chi connectivity index (χ3n) is 7.66. The van der Waals surface area contributed by atoms with E-state index in [2.05, 4.69) is 36.8 Å². The number of pyridine rings is 2. The molecule has 43 heavy (non-hydrogen) atoms. The number of amidine groups is 1. The van der Waals surface area contributed by atoms with Gasteiger partial charge in [-0.15, -0.1) is 0 Å². The van der Waals surface area contributed by atoms with Crippen molar-refractivity contribution in [1.29, 1.82) is 0 Å². The summed E-state index contributed by atoms with van der Waals surface area (Å²) in [5, 5.41) is 10.9. The van der Waals surface area contributed by atoms with E-state index in [0.29, 0.717) is 31.0 Å². The number of carbonyl (C=O) groups is 1. The van der Waals surface area contributed by atoms with Gasteiger partial charge in [-0.1, -0.05) is 12.1 Å². The smallest absolute Gasteiger partial charge is 0.415 e. The van der Waals surface area contributed by atoms with Gasteiger partial charge in [0.25, 0.3) is 5.69 Å². The number of hydrogen-bond donors (Lipinski definition) is 0. The van der Waals surface area contributed by atoms with E-state index >= 15 is 0 Å². The fourth-order valence-corrected chi connectivity index (χ4v) is 5.22. The summed E-state index contributed by atoms with van der Waals surface area (Å²) in [6.45, 7) is 8.57. The molecule has 12 heteroatoms. The zero-order valence-electron chi connectivity index (χ0n) is 24.3. The Morgan fingerprint density at radius 3 is 1.84 bits per heavy atom. The minimum Gasteiger partial charge on any atom is -0.444 e. The summed E-state index contributed by atoms with van der Waals surface area (Å²) in [5.41, 5.74) is 2.78. The molecule has 2 aromatic heterocycles. The van der Waals surface area contributed by atoms with Gasteiger partial charge < -0.3 is 4.74 Å². The number of hydrogen-bond acceptors (Lipinski definition) is 10. The van der Waals surface area contributed by atoms with E-state index in [4.69, 9.17) is 9.73 Å². The lowest BCUT2D eigenvalue weighted by Crippen LogP contribution is -2.48. The van der Waals surface area contributed by atoms with Crippen LogP contribution in [0.5, 0.6) is 0 Å². The molecule has 2 aliphatic rings. The van der Waals surface area contributed by atoms with E-state index in [1.165, 1.54) is 12.1 Å². The zero-order valence-corrected chi connectivity index (χ0v) is 24.3. The van der Waals surface area contributed by atoms with E-state index in [-0.39, 0.29) is 12.3 Å². The predicted octanol–water partition coefficient (Wildman–Crippen LogP) is 3.45. The summed E-state index contributed by atoms with van der Waals surface area (Å²) >= 11 is 0. The third kappa shape index (κ3) is 9.11. The monoisotopic (exact) mass is 586 g/mol. The SMILES string of the molecule is O=C(OCc1ccc([N+](=O)[O-])cc1)N1CCCN=C1CN1CCN(Cc2ccccn2)CCN(Cc2ccccn2)CC1. The number of nitrogens with zero attached hydrogens (tertiary/aromatic N) is 8. The number of nitro benzene ring substituents is 1. The number of nitro groups is 1. The van der Waals surface area contributed by atoms with Crippen molar-refractivity contribution < 1.29 is 14.5 Å².